The summed E-state index contributed by atoms with van der Waals surface area (Å²) in [5.74, 6) is 0.515. The molecule has 0 aromatic heterocycles. The summed E-state index contributed by atoms with van der Waals surface area (Å²) in [5, 5.41) is 0. The predicted molar refractivity (Wildman–Crippen MR) is 56.7 cm³/mol. The van der Waals surface area contributed by atoms with Crippen molar-refractivity contribution in [2.75, 3.05) is 19.8 Å². The molecule has 0 fully saturated rings. The van der Waals surface area contributed by atoms with E-state index in [2.05, 4.69) is 4.74 Å². The third-order valence-corrected chi connectivity index (χ3v) is 1.95. The second-order valence-electron chi connectivity index (χ2n) is 3.33. The first-order chi connectivity index (χ1) is 8.01. The molecule has 1 aromatic carbocycles. The van der Waals surface area contributed by atoms with Crippen LogP contribution in [0.15, 0.2) is 24.3 Å². The van der Waals surface area contributed by atoms with Gasteiger partial charge in [-0.1, -0.05) is 12.1 Å². The van der Waals surface area contributed by atoms with E-state index in [4.69, 9.17) is 10.5 Å². The summed E-state index contributed by atoms with van der Waals surface area (Å²) in [6.07, 6.45) is -3.90. The minimum atomic E-state index is -4.61. The molecule has 96 valence electrons. The Morgan fingerprint density at radius 3 is 2.59 bits per heavy atom. The predicted octanol–water partition coefficient (Wildman–Crippen LogP) is 2.10. The number of nitrogens with two attached hydrogens (primary N) is 1. The molecule has 0 amide bonds. The Labute approximate surface area is 97.3 Å². The van der Waals surface area contributed by atoms with Gasteiger partial charge in [-0.2, -0.15) is 0 Å². The van der Waals surface area contributed by atoms with Gasteiger partial charge in [0.2, 0.25) is 0 Å². The van der Waals surface area contributed by atoms with Gasteiger partial charge in [-0.3, -0.25) is 4.74 Å². The van der Waals surface area contributed by atoms with Crippen LogP contribution >= 0.6 is 0 Å². The summed E-state index contributed by atoms with van der Waals surface area (Å²) in [5.41, 5.74) is 6.38. The molecular weight excluding hydrogens is 235 g/mol. The molecule has 0 aliphatic rings. The van der Waals surface area contributed by atoms with E-state index >= 15 is 0 Å². The standard InChI is InChI=1S/C11H14F3NO2/c12-11(13,14)17-7-6-16-10-3-1-2-9(8-10)4-5-15/h1-3,8H,4-7,15H2. The lowest BCUT2D eigenvalue weighted by atomic mass is 10.1. The van der Waals surface area contributed by atoms with E-state index in [1.807, 2.05) is 6.07 Å². The van der Waals surface area contributed by atoms with Crippen LogP contribution in [0.2, 0.25) is 0 Å². The molecule has 2 N–H and O–H groups in total. The number of alkyl halides is 3. The van der Waals surface area contributed by atoms with E-state index < -0.39 is 13.0 Å². The molecule has 0 aliphatic heterocycles. The zero-order valence-corrected chi connectivity index (χ0v) is 9.17. The molecule has 6 heteroatoms. The van der Waals surface area contributed by atoms with E-state index in [0.717, 1.165) is 5.56 Å². The van der Waals surface area contributed by atoms with E-state index in [1.54, 1.807) is 18.2 Å². The van der Waals surface area contributed by atoms with Crippen LogP contribution in [0.1, 0.15) is 5.56 Å². The number of hydrogen-bond donors (Lipinski definition) is 1. The zero-order chi connectivity index (χ0) is 12.7. The number of hydrogen-bond acceptors (Lipinski definition) is 3. The maximum atomic E-state index is 11.7. The number of halogens is 3. The first-order valence-electron chi connectivity index (χ1n) is 5.14. The highest BCUT2D eigenvalue weighted by atomic mass is 19.4. The van der Waals surface area contributed by atoms with E-state index in [1.165, 1.54) is 0 Å². The monoisotopic (exact) mass is 249 g/mol. The first kappa shape index (κ1) is 13.8. The van der Waals surface area contributed by atoms with Gasteiger partial charge in [0.25, 0.3) is 0 Å². The van der Waals surface area contributed by atoms with Crippen molar-refractivity contribution in [2.45, 2.75) is 12.8 Å². The average molecular weight is 249 g/mol. The molecule has 0 radical (unpaired) electrons. The van der Waals surface area contributed by atoms with Crippen molar-refractivity contribution < 1.29 is 22.6 Å². The molecule has 0 bridgehead atoms. The fourth-order valence-electron chi connectivity index (χ4n) is 1.27. The summed E-state index contributed by atoms with van der Waals surface area (Å²) in [6.45, 7) is -0.156. The Bertz CT molecular complexity index is 342. The average Bonchev–Trinajstić information content (AvgIpc) is 2.24. The highest BCUT2D eigenvalue weighted by Crippen LogP contribution is 2.16. The molecule has 3 nitrogen and oxygen atoms in total. The van der Waals surface area contributed by atoms with Crippen molar-refractivity contribution in [3.8, 4) is 5.75 Å². The molecular formula is C11H14F3NO2. The van der Waals surface area contributed by atoms with Crippen LogP contribution in [-0.2, 0) is 11.2 Å². The van der Waals surface area contributed by atoms with Crippen LogP contribution in [0.4, 0.5) is 13.2 Å². The lowest BCUT2D eigenvalue weighted by Gasteiger charge is -2.09. The van der Waals surface area contributed by atoms with Gasteiger partial charge in [0.05, 0.1) is 6.61 Å². The quantitative estimate of drug-likeness (QED) is 0.785. The van der Waals surface area contributed by atoms with Gasteiger partial charge < -0.3 is 10.5 Å². The fourth-order valence-corrected chi connectivity index (χ4v) is 1.27. The third-order valence-electron chi connectivity index (χ3n) is 1.95. The van der Waals surface area contributed by atoms with Gasteiger partial charge in [0.1, 0.15) is 12.4 Å². The maximum Gasteiger partial charge on any atom is 0.522 e. The third kappa shape index (κ3) is 6.13. The molecule has 1 aromatic rings. The molecule has 0 unspecified atom stereocenters. The lowest BCUT2D eigenvalue weighted by molar-refractivity contribution is -0.325. The minimum absolute atomic E-state index is 0.147. The van der Waals surface area contributed by atoms with E-state index in [0.29, 0.717) is 18.7 Å². The van der Waals surface area contributed by atoms with Gasteiger partial charge in [-0.25, -0.2) is 0 Å². The Kier molecular flexibility index (Phi) is 5.24. The molecule has 0 atom stereocenters. The molecule has 17 heavy (non-hydrogen) atoms. The van der Waals surface area contributed by atoms with Gasteiger partial charge in [-0.05, 0) is 30.7 Å². The van der Waals surface area contributed by atoms with Crippen molar-refractivity contribution in [1.82, 2.24) is 0 Å². The molecule has 1 rings (SSSR count). The van der Waals surface area contributed by atoms with Crippen LogP contribution < -0.4 is 10.5 Å². The van der Waals surface area contributed by atoms with Gasteiger partial charge in [0.15, 0.2) is 0 Å². The molecule has 0 saturated carbocycles. The van der Waals surface area contributed by atoms with Crippen LogP contribution in [0.5, 0.6) is 5.75 Å². The van der Waals surface area contributed by atoms with Gasteiger partial charge in [0, 0.05) is 0 Å². The summed E-state index contributed by atoms with van der Waals surface area (Å²) >= 11 is 0. The van der Waals surface area contributed by atoms with Crippen molar-refractivity contribution in [3.05, 3.63) is 29.8 Å². The summed E-state index contributed by atoms with van der Waals surface area (Å²) in [7, 11) is 0. The zero-order valence-electron chi connectivity index (χ0n) is 9.17. The fraction of sp³-hybridized carbons (Fsp3) is 0.455. The number of ether oxygens (including phenoxy) is 2. The minimum Gasteiger partial charge on any atom is -0.491 e. The Morgan fingerprint density at radius 1 is 1.18 bits per heavy atom. The lowest BCUT2D eigenvalue weighted by Crippen LogP contribution is -2.18. The topological polar surface area (TPSA) is 44.5 Å². The Hall–Kier alpha value is -1.27. The van der Waals surface area contributed by atoms with Crippen molar-refractivity contribution >= 4 is 0 Å². The largest absolute Gasteiger partial charge is 0.522 e. The van der Waals surface area contributed by atoms with E-state index in [9.17, 15) is 13.2 Å². The highest BCUT2D eigenvalue weighted by molar-refractivity contribution is 5.28. The maximum absolute atomic E-state index is 11.7. The SMILES string of the molecule is NCCc1cccc(OCCOC(F)(F)F)c1. The highest BCUT2D eigenvalue weighted by Gasteiger charge is 2.28. The summed E-state index contributed by atoms with van der Waals surface area (Å²) in [4.78, 5) is 0. The van der Waals surface area contributed by atoms with Crippen LogP contribution in [-0.4, -0.2) is 26.1 Å². The second-order valence-corrected chi connectivity index (χ2v) is 3.33. The van der Waals surface area contributed by atoms with Crippen molar-refractivity contribution in [2.24, 2.45) is 5.73 Å². The number of rotatable bonds is 6. The summed E-state index contributed by atoms with van der Waals surface area (Å²) < 4.78 is 43.7. The first-order valence-corrected chi connectivity index (χ1v) is 5.14. The second kappa shape index (κ2) is 6.46. The molecule has 0 heterocycles. The van der Waals surface area contributed by atoms with Gasteiger partial charge in [-0.15, -0.1) is 13.2 Å². The van der Waals surface area contributed by atoms with Gasteiger partial charge >= 0.3 is 6.36 Å². The van der Waals surface area contributed by atoms with Crippen LogP contribution in [0.25, 0.3) is 0 Å². The molecule has 0 spiro atoms. The molecule has 0 aliphatic carbocycles. The normalized spacial score (nSPS) is 11.5. The van der Waals surface area contributed by atoms with Crippen LogP contribution in [0, 0.1) is 0 Å². The van der Waals surface area contributed by atoms with Crippen molar-refractivity contribution in [1.29, 1.82) is 0 Å². The smallest absolute Gasteiger partial charge is 0.491 e. The summed E-state index contributed by atoms with van der Waals surface area (Å²) in [6, 6.07) is 7.07. The van der Waals surface area contributed by atoms with E-state index in [-0.39, 0.29) is 6.61 Å². The number of benzene rings is 1. The van der Waals surface area contributed by atoms with Crippen LogP contribution in [0.3, 0.4) is 0 Å². The Balaban J connectivity index is 2.34. The Morgan fingerprint density at radius 2 is 1.94 bits per heavy atom. The van der Waals surface area contributed by atoms with Crippen molar-refractivity contribution in [3.63, 3.8) is 0 Å². The molecule has 0 saturated heterocycles.